The first-order chi connectivity index (χ1) is 14.0. The average molecular weight is 397 g/mol. The Bertz CT molecular complexity index is 816. The molecule has 7 heteroatoms. The minimum absolute atomic E-state index is 0.406. The molecule has 0 unspecified atom stereocenters. The number of hydrogen-bond donors (Lipinski definition) is 3. The summed E-state index contributed by atoms with van der Waals surface area (Å²) < 4.78 is 0. The molecule has 0 saturated carbocycles. The molecule has 3 N–H and O–H groups in total. The summed E-state index contributed by atoms with van der Waals surface area (Å²) in [7, 11) is 0. The van der Waals surface area contributed by atoms with E-state index in [0.29, 0.717) is 26.2 Å². The van der Waals surface area contributed by atoms with Crippen LogP contribution >= 0.6 is 0 Å². The van der Waals surface area contributed by atoms with Gasteiger partial charge in [-0.2, -0.15) is 0 Å². The molecule has 29 heavy (non-hydrogen) atoms. The molecule has 1 aliphatic heterocycles. The lowest BCUT2D eigenvalue weighted by atomic mass is 10.1. The minimum atomic E-state index is -1.10. The summed E-state index contributed by atoms with van der Waals surface area (Å²) in [6.07, 6.45) is -1.07. The Morgan fingerprint density at radius 1 is 0.966 bits per heavy atom. The van der Waals surface area contributed by atoms with Crippen molar-refractivity contribution in [1.29, 1.82) is 0 Å². The largest absolute Gasteiger partial charge is 0.391 e. The van der Waals surface area contributed by atoms with E-state index < -0.39 is 30.6 Å². The highest BCUT2D eigenvalue weighted by Crippen LogP contribution is 2.23. The highest BCUT2D eigenvalue weighted by atomic mass is 16.3. The smallest absolute Gasteiger partial charge is 0.318 e. The molecule has 1 saturated heterocycles. The van der Waals surface area contributed by atoms with Gasteiger partial charge in [-0.3, -0.25) is 4.79 Å². The van der Waals surface area contributed by atoms with Crippen LogP contribution in [0.25, 0.3) is 11.1 Å². The molecule has 3 rings (SSSR count). The lowest BCUT2D eigenvalue weighted by Gasteiger charge is -2.37. The molecule has 1 heterocycles. The molecule has 1 aliphatic rings. The molecule has 0 aromatic heterocycles. The van der Waals surface area contributed by atoms with Gasteiger partial charge in [-0.25, -0.2) is 4.79 Å². The second-order valence-electron chi connectivity index (χ2n) is 7.18. The van der Waals surface area contributed by atoms with Crippen molar-refractivity contribution < 1.29 is 19.8 Å². The van der Waals surface area contributed by atoms with E-state index in [0.717, 1.165) is 11.3 Å². The number of anilines is 1. The average Bonchev–Trinajstić information content (AvgIpc) is 2.77. The van der Waals surface area contributed by atoms with Crippen LogP contribution in [0.3, 0.4) is 0 Å². The van der Waals surface area contributed by atoms with Gasteiger partial charge in [0, 0.05) is 31.9 Å². The zero-order chi connectivity index (χ0) is 20.8. The van der Waals surface area contributed by atoms with E-state index in [4.69, 9.17) is 5.11 Å². The Kier molecular flexibility index (Phi) is 6.85. The Morgan fingerprint density at radius 2 is 1.55 bits per heavy atom. The van der Waals surface area contributed by atoms with Crippen molar-refractivity contribution in [3.8, 4) is 11.1 Å². The van der Waals surface area contributed by atoms with Gasteiger partial charge in [0.15, 0.2) is 5.78 Å². The van der Waals surface area contributed by atoms with Gasteiger partial charge in [-0.1, -0.05) is 42.5 Å². The van der Waals surface area contributed by atoms with Gasteiger partial charge in [0.1, 0.15) is 12.6 Å². The zero-order valence-electron chi connectivity index (χ0n) is 16.5. The Morgan fingerprint density at radius 3 is 2.10 bits per heavy atom. The fraction of sp³-hybridized carbons (Fsp3) is 0.364. The highest BCUT2D eigenvalue weighted by Gasteiger charge is 2.28. The summed E-state index contributed by atoms with van der Waals surface area (Å²) in [5.74, 6) is -0.606. The number of ketones is 1. The molecular formula is C22H27N3O4. The van der Waals surface area contributed by atoms with E-state index in [9.17, 15) is 14.7 Å². The molecule has 0 spiro atoms. The molecule has 0 radical (unpaired) electrons. The fourth-order valence-electron chi connectivity index (χ4n) is 3.46. The van der Waals surface area contributed by atoms with Crippen molar-refractivity contribution >= 4 is 17.5 Å². The standard InChI is InChI=1S/C22H27N3O4/c1-16(27)21(20(28)15-26)23-22(29)25-13-11-24(12-14-25)19-9-7-18(8-10-19)17-5-3-2-4-6-17/h2-10,16,21,26-27H,11-15H2,1H3,(H,23,29)/t16-,21+/m1/s1. The number of hydrogen-bond acceptors (Lipinski definition) is 5. The molecule has 1 fully saturated rings. The summed E-state index contributed by atoms with van der Waals surface area (Å²) in [6.45, 7) is 3.05. The molecule has 2 atom stereocenters. The molecule has 7 nitrogen and oxygen atoms in total. The van der Waals surface area contributed by atoms with Crippen LogP contribution in [0, 0.1) is 0 Å². The number of rotatable bonds is 6. The van der Waals surface area contributed by atoms with Gasteiger partial charge in [-0.05, 0) is 30.2 Å². The summed E-state index contributed by atoms with van der Waals surface area (Å²) in [6, 6.07) is 17.0. The fourth-order valence-corrected chi connectivity index (χ4v) is 3.46. The van der Waals surface area contributed by atoms with Crippen LogP contribution in [0.1, 0.15) is 6.92 Å². The third-order valence-electron chi connectivity index (χ3n) is 5.17. The minimum Gasteiger partial charge on any atom is -0.391 e. The molecule has 2 aromatic carbocycles. The summed E-state index contributed by atoms with van der Waals surface area (Å²) >= 11 is 0. The molecular weight excluding hydrogens is 370 g/mol. The highest BCUT2D eigenvalue weighted by molar-refractivity contribution is 5.89. The number of nitrogens with one attached hydrogen (secondary N) is 1. The first kappa shape index (κ1) is 20.8. The van der Waals surface area contributed by atoms with Gasteiger partial charge >= 0.3 is 6.03 Å². The zero-order valence-corrected chi connectivity index (χ0v) is 16.5. The number of benzene rings is 2. The first-order valence-corrected chi connectivity index (χ1v) is 9.77. The third kappa shape index (κ3) is 5.13. The van der Waals surface area contributed by atoms with Crippen LogP contribution in [0.4, 0.5) is 10.5 Å². The summed E-state index contributed by atoms with van der Waals surface area (Å²) in [5.41, 5.74) is 3.43. The van der Waals surface area contributed by atoms with Crippen molar-refractivity contribution in [2.24, 2.45) is 0 Å². The Balaban J connectivity index is 1.56. The van der Waals surface area contributed by atoms with Crippen molar-refractivity contribution in [3.05, 3.63) is 54.6 Å². The Hall–Kier alpha value is -2.90. The van der Waals surface area contributed by atoms with E-state index >= 15 is 0 Å². The van der Waals surface area contributed by atoms with Gasteiger partial charge in [0.2, 0.25) is 0 Å². The SMILES string of the molecule is C[C@@H](O)[C@H](NC(=O)N1CCN(c2ccc(-c3ccccc3)cc2)CC1)C(=O)CO. The number of nitrogens with zero attached hydrogens (tertiary/aromatic N) is 2. The lowest BCUT2D eigenvalue weighted by molar-refractivity contribution is -0.125. The molecule has 2 aromatic rings. The normalized spacial score (nSPS) is 16.2. The molecule has 0 aliphatic carbocycles. The lowest BCUT2D eigenvalue weighted by Crippen LogP contribution is -2.57. The monoisotopic (exact) mass is 397 g/mol. The quantitative estimate of drug-likeness (QED) is 0.687. The summed E-state index contributed by atoms with van der Waals surface area (Å²) in [4.78, 5) is 27.9. The van der Waals surface area contributed by atoms with Gasteiger partial charge in [0.05, 0.1) is 6.10 Å². The van der Waals surface area contributed by atoms with Crippen LogP contribution in [0.15, 0.2) is 54.6 Å². The predicted molar refractivity (Wildman–Crippen MR) is 112 cm³/mol. The van der Waals surface area contributed by atoms with E-state index in [1.54, 1.807) is 4.90 Å². The van der Waals surface area contributed by atoms with Gasteiger partial charge in [-0.15, -0.1) is 0 Å². The Labute approximate surface area is 170 Å². The number of carbonyl (C=O) groups excluding carboxylic acids is 2. The number of urea groups is 1. The maximum Gasteiger partial charge on any atom is 0.318 e. The second-order valence-corrected chi connectivity index (χ2v) is 7.18. The molecule has 154 valence electrons. The van der Waals surface area contributed by atoms with E-state index in [1.807, 2.05) is 18.2 Å². The topological polar surface area (TPSA) is 93.1 Å². The van der Waals surface area contributed by atoms with E-state index in [2.05, 4.69) is 46.6 Å². The van der Waals surface area contributed by atoms with E-state index in [1.165, 1.54) is 12.5 Å². The maximum atomic E-state index is 12.4. The number of piperazine rings is 1. The number of amides is 2. The maximum absolute atomic E-state index is 12.4. The van der Waals surface area contributed by atoms with Crippen LogP contribution in [-0.4, -0.2) is 71.9 Å². The molecule has 2 amide bonds. The van der Waals surface area contributed by atoms with Crippen molar-refractivity contribution in [2.45, 2.75) is 19.1 Å². The van der Waals surface area contributed by atoms with Crippen LogP contribution < -0.4 is 10.2 Å². The van der Waals surface area contributed by atoms with Crippen LogP contribution in [-0.2, 0) is 4.79 Å². The summed E-state index contributed by atoms with van der Waals surface area (Å²) in [5, 5.41) is 21.2. The van der Waals surface area contributed by atoms with Gasteiger partial charge < -0.3 is 25.3 Å². The van der Waals surface area contributed by atoms with Crippen molar-refractivity contribution in [3.63, 3.8) is 0 Å². The van der Waals surface area contributed by atoms with Crippen molar-refractivity contribution in [1.82, 2.24) is 10.2 Å². The number of aliphatic hydroxyl groups is 2. The number of Topliss-reactive ketones (excluding diaryl/α,β-unsaturated/α-hetero) is 1. The first-order valence-electron chi connectivity index (χ1n) is 9.77. The number of carbonyl (C=O) groups is 2. The predicted octanol–water partition coefficient (Wildman–Crippen LogP) is 1.50. The van der Waals surface area contributed by atoms with Crippen molar-refractivity contribution in [2.75, 3.05) is 37.7 Å². The van der Waals surface area contributed by atoms with E-state index in [-0.39, 0.29) is 0 Å². The second kappa shape index (κ2) is 9.54. The number of aliphatic hydroxyl groups excluding tert-OH is 2. The molecule has 0 bridgehead atoms. The third-order valence-corrected chi connectivity index (χ3v) is 5.17. The van der Waals surface area contributed by atoms with Gasteiger partial charge in [0.25, 0.3) is 0 Å². The van der Waals surface area contributed by atoms with Crippen LogP contribution in [0.2, 0.25) is 0 Å². The van der Waals surface area contributed by atoms with Crippen LogP contribution in [0.5, 0.6) is 0 Å².